The van der Waals surface area contributed by atoms with Crippen molar-refractivity contribution in [2.75, 3.05) is 5.75 Å². The summed E-state index contributed by atoms with van der Waals surface area (Å²) in [6.07, 6.45) is 21.3. The van der Waals surface area contributed by atoms with Crippen molar-refractivity contribution in [3.63, 3.8) is 0 Å². The third-order valence-electron chi connectivity index (χ3n) is 4.10. The second kappa shape index (κ2) is 17.8. The van der Waals surface area contributed by atoms with Crippen LogP contribution in [0.25, 0.3) is 0 Å². The topological polar surface area (TPSA) is 0 Å². The van der Waals surface area contributed by atoms with Gasteiger partial charge < -0.3 is 0 Å². The largest absolute Gasteiger partial charge is 0.178 e. The van der Waals surface area contributed by atoms with E-state index in [2.05, 4.69) is 32.2 Å². The van der Waals surface area contributed by atoms with E-state index >= 15 is 0 Å². The van der Waals surface area contributed by atoms with Crippen LogP contribution >= 0.6 is 25.3 Å². The van der Waals surface area contributed by atoms with Crippen molar-refractivity contribution >= 4 is 25.3 Å². The smallest absolute Gasteiger partial charge is 0.0105 e. The van der Waals surface area contributed by atoms with Gasteiger partial charge in [0.2, 0.25) is 0 Å². The molecule has 0 nitrogen and oxygen atoms in total. The Balaban J connectivity index is 2.96. The first kappa shape index (κ1) is 20.7. The molecule has 0 saturated heterocycles. The van der Waals surface area contributed by atoms with E-state index in [0.717, 1.165) is 5.75 Å². The lowest BCUT2D eigenvalue weighted by atomic mass is 10.0. The highest BCUT2D eigenvalue weighted by Crippen LogP contribution is 2.14. The van der Waals surface area contributed by atoms with E-state index in [4.69, 9.17) is 0 Å². The summed E-state index contributed by atoms with van der Waals surface area (Å²) in [6.45, 7) is 2.29. The van der Waals surface area contributed by atoms with Crippen LogP contribution in [0.2, 0.25) is 0 Å². The average Bonchev–Trinajstić information content (AvgIpc) is 2.47. The Bertz CT molecular complexity index is 171. The van der Waals surface area contributed by atoms with Gasteiger partial charge in [0.15, 0.2) is 0 Å². The summed E-state index contributed by atoms with van der Waals surface area (Å²) < 4.78 is 0. The Morgan fingerprint density at radius 1 is 0.600 bits per heavy atom. The Labute approximate surface area is 139 Å². The number of unbranched alkanes of at least 4 members (excludes halogenated alkanes) is 13. The molecular weight excluding hydrogens is 280 g/mol. The third-order valence-corrected chi connectivity index (χ3v) is 5.27. The first-order chi connectivity index (χ1) is 9.81. The van der Waals surface area contributed by atoms with Gasteiger partial charge in [0.25, 0.3) is 0 Å². The van der Waals surface area contributed by atoms with Gasteiger partial charge >= 0.3 is 0 Å². The summed E-state index contributed by atoms with van der Waals surface area (Å²) in [5.41, 5.74) is 0. The highest BCUT2D eigenvalue weighted by Gasteiger charge is 1.99. The molecule has 0 radical (unpaired) electrons. The molecule has 0 rings (SSSR count). The molecule has 2 heteroatoms. The van der Waals surface area contributed by atoms with E-state index in [1.54, 1.807) is 0 Å². The molecule has 0 aliphatic rings. The SMILES string of the molecule is CCCCCCCCCCCCCCCCC(S)CS. The number of hydrogen-bond donors (Lipinski definition) is 2. The summed E-state index contributed by atoms with van der Waals surface area (Å²) in [5, 5.41) is 0.510. The molecule has 0 aromatic carbocycles. The van der Waals surface area contributed by atoms with Crippen LogP contribution in [0.5, 0.6) is 0 Å². The van der Waals surface area contributed by atoms with Gasteiger partial charge in [0.1, 0.15) is 0 Å². The molecule has 0 spiro atoms. The van der Waals surface area contributed by atoms with Crippen LogP contribution in [-0.4, -0.2) is 11.0 Å². The second-order valence-corrected chi connectivity index (χ2v) is 7.32. The maximum atomic E-state index is 4.47. The van der Waals surface area contributed by atoms with Gasteiger partial charge in [-0.3, -0.25) is 0 Å². The number of thiol groups is 2. The lowest BCUT2D eigenvalue weighted by molar-refractivity contribution is 0.532. The van der Waals surface area contributed by atoms with Crippen LogP contribution in [0.3, 0.4) is 0 Å². The van der Waals surface area contributed by atoms with Gasteiger partial charge in [0, 0.05) is 11.0 Å². The maximum absolute atomic E-state index is 4.47. The van der Waals surface area contributed by atoms with Gasteiger partial charge in [-0.1, -0.05) is 96.8 Å². The molecule has 1 atom stereocenters. The second-order valence-electron chi connectivity index (χ2n) is 6.22. The van der Waals surface area contributed by atoms with Crippen molar-refractivity contribution in [2.45, 2.75) is 108 Å². The molecule has 0 aromatic rings. The Morgan fingerprint density at radius 3 is 1.30 bits per heavy atom. The van der Waals surface area contributed by atoms with Crippen molar-refractivity contribution in [1.29, 1.82) is 0 Å². The zero-order valence-corrected chi connectivity index (χ0v) is 15.6. The van der Waals surface area contributed by atoms with Gasteiger partial charge in [-0.2, -0.15) is 25.3 Å². The van der Waals surface area contributed by atoms with Gasteiger partial charge in [0.05, 0.1) is 0 Å². The zero-order valence-electron chi connectivity index (χ0n) is 13.8. The highest BCUT2D eigenvalue weighted by molar-refractivity contribution is 7.84. The van der Waals surface area contributed by atoms with E-state index in [1.165, 1.54) is 96.3 Å². The molecule has 0 aliphatic heterocycles. The number of rotatable bonds is 16. The van der Waals surface area contributed by atoms with E-state index in [9.17, 15) is 0 Å². The first-order valence-corrected chi connectivity index (χ1v) is 10.2. The van der Waals surface area contributed by atoms with Crippen molar-refractivity contribution in [3.05, 3.63) is 0 Å². The van der Waals surface area contributed by atoms with E-state index in [0.29, 0.717) is 5.25 Å². The fourth-order valence-corrected chi connectivity index (χ4v) is 3.03. The molecule has 0 aromatic heterocycles. The van der Waals surface area contributed by atoms with Crippen LogP contribution in [0, 0.1) is 0 Å². The third kappa shape index (κ3) is 16.8. The van der Waals surface area contributed by atoms with E-state index in [-0.39, 0.29) is 0 Å². The highest BCUT2D eigenvalue weighted by atomic mass is 32.1. The van der Waals surface area contributed by atoms with Crippen LogP contribution in [0.1, 0.15) is 103 Å². The Morgan fingerprint density at radius 2 is 0.950 bits per heavy atom. The monoisotopic (exact) mass is 318 g/mol. The normalized spacial score (nSPS) is 12.8. The molecule has 0 aliphatic carbocycles. The van der Waals surface area contributed by atoms with Crippen molar-refractivity contribution in [1.82, 2.24) is 0 Å². The van der Waals surface area contributed by atoms with Gasteiger partial charge in [-0.25, -0.2) is 0 Å². The maximum Gasteiger partial charge on any atom is 0.0105 e. The Hall–Kier alpha value is 0.700. The van der Waals surface area contributed by atoms with E-state index < -0.39 is 0 Å². The first-order valence-electron chi connectivity index (χ1n) is 9.10. The minimum atomic E-state index is 0.510. The average molecular weight is 319 g/mol. The predicted octanol–water partition coefficient (Wildman–Crippen LogP) is 7.09. The fourth-order valence-electron chi connectivity index (χ4n) is 2.67. The fraction of sp³-hybridized carbons (Fsp3) is 1.00. The summed E-state index contributed by atoms with van der Waals surface area (Å²) in [5.74, 6) is 0.918. The molecule has 0 bridgehead atoms. The molecule has 122 valence electrons. The quantitative estimate of drug-likeness (QED) is 0.220. The molecule has 1 unspecified atom stereocenters. The summed E-state index contributed by atoms with van der Waals surface area (Å²) in [7, 11) is 0. The molecule has 20 heavy (non-hydrogen) atoms. The zero-order chi connectivity index (χ0) is 14.9. The van der Waals surface area contributed by atoms with Crippen LogP contribution < -0.4 is 0 Å². The number of hydrogen-bond acceptors (Lipinski definition) is 2. The summed E-state index contributed by atoms with van der Waals surface area (Å²) in [4.78, 5) is 0. The lowest BCUT2D eigenvalue weighted by Crippen LogP contribution is -1.99. The van der Waals surface area contributed by atoms with Gasteiger partial charge in [-0.05, 0) is 6.42 Å². The summed E-state index contributed by atoms with van der Waals surface area (Å²) in [6, 6.07) is 0. The molecular formula is C18H38S2. The standard InChI is InChI=1S/C18H38S2/c1-2-3-4-5-6-7-8-9-10-11-12-13-14-15-16-18(20)17-19/h18-20H,2-17H2,1H3. The molecule has 0 heterocycles. The van der Waals surface area contributed by atoms with Gasteiger partial charge in [-0.15, -0.1) is 0 Å². The summed E-state index contributed by atoms with van der Waals surface area (Å²) >= 11 is 8.73. The van der Waals surface area contributed by atoms with Crippen LogP contribution in [0.15, 0.2) is 0 Å². The molecule has 0 N–H and O–H groups in total. The minimum Gasteiger partial charge on any atom is -0.178 e. The van der Waals surface area contributed by atoms with Crippen molar-refractivity contribution in [3.8, 4) is 0 Å². The minimum absolute atomic E-state index is 0.510. The van der Waals surface area contributed by atoms with Crippen molar-refractivity contribution in [2.24, 2.45) is 0 Å². The molecule has 0 saturated carbocycles. The van der Waals surface area contributed by atoms with Crippen molar-refractivity contribution < 1.29 is 0 Å². The van der Waals surface area contributed by atoms with Crippen LogP contribution in [-0.2, 0) is 0 Å². The Kier molecular flexibility index (Phi) is 18.4. The predicted molar refractivity (Wildman–Crippen MR) is 102 cm³/mol. The van der Waals surface area contributed by atoms with E-state index in [1.807, 2.05) is 0 Å². The van der Waals surface area contributed by atoms with Crippen LogP contribution in [0.4, 0.5) is 0 Å². The molecule has 0 amide bonds. The molecule has 0 fully saturated rings. The lowest BCUT2D eigenvalue weighted by Gasteiger charge is -2.06.